The van der Waals surface area contributed by atoms with Crippen molar-refractivity contribution in [3.05, 3.63) is 83.0 Å². The molecular weight excluding hydrogens is 462 g/mol. The van der Waals surface area contributed by atoms with Gasteiger partial charge in [-0.3, -0.25) is 9.48 Å². The van der Waals surface area contributed by atoms with Crippen molar-refractivity contribution in [1.29, 1.82) is 0 Å². The molecule has 0 aliphatic carbocycles. The number of nitrogens with zero attached hydrogens (tertiary/aromatic N) is 3. The predicted octanol–water partition coefficient (Wildman–Crippen LogP) is 5.60. The lowest BCUT2D eigenvalue weighted by atomic mass is 10.0. The smallest absolute Gasteiger partial charge is 0.348 e. The lowest BCUT2D eigenvalue weighted by Gasteiger charge is -2.11. The molecular formula is C23H16F6N4O. The zero-order valence-electron chi connectivity index (χ0n) is 17.5. The summed E-state index contributed by atoms with van der Waals surface area (Å²) in [5, 5.41) is 7.16. The zero-order chi connectivity index (χ0) is 24.7. The number of aryl methyl sites for hydroxylation is 1. The number of hydrogen-bond donors (Lipinski definition) is 1. The molecule has 0 spiro atoms. The first kappa shape index (κ1) is 23.3. The number of fused-ring (bicyclic) bond motifs is 1. The summed E-state index contributed by atoms with van der Waals surface area (Å²) in [6.45, 7) is -0.0311. The molecule has 0 saturated heterocycles. The van der Waals surface area contributed by atoms with Gasteiger partial charge in [-0.1, -0.05) is 24.3 Å². The molecule has 34 heavy (non-hydrogen) atoms. The van der Waals surface area contributed by atoms with Crippen molar-refractivity contribution in [2.75, 3.05) is 0 Å². The normalized spacial score (nSPS) is 12.2. The number of hydrogen-bond acceptors (Lipinski definition) is 3. The summed E-state index contributed by atoms with van der Waals surface area (Å²) >= 11 is 0. The van der Waals surface area contributed by atoms with Crippen molar-refractivity contribution in [2.24, 2.45) is 7.05 Å². The maximum atomic E-state index is 12.9. The Kier molecular flexibility index (Phi) is 5.80. The second-order valence-corrected chi connectivity index (χ2v) is 7.51. The Bertz CT molecular complexity index is 1340. The third kappa shape index (κ3) is 4.73. The first-order valence-electron chi connectivity index (χ1n) is 9.88. The Labute approximate surface area is 189 Å². The Hall–Kier alpha value is -3.89. The fourth-order valence-corrected chi connectivity index (χ4v) is 3.37. The van der Waals surface area contributed by atoms with Crippen LogP contribution in [-0.2, 0) is 25.9 Å². The van der Waals surface area contributed by atoms with Crippen LogP contribution in [0.2, 0.25) is 0 Å². The monoisotopic (exact) mass is 478 g/mol. The van der Waals surface area contributed by atoms with Crippen molar-refractivity contribution in [1.82, 2.24) is 20.1 Å². The van der Waals surface area contributed by atoms with Crippen LogP contribution in [-0.4, -0.2) is 20.7 Å². The number of carbonyl (C=O) groups is 1. The van der Waals surface area contributed by atoms with Gasteiger partial charge in [-0.25, -0.2) is 4.98 Å². The molecule has 2 aromatic heterocycles. The van der Waals surface area contributed by atoms with Crippen LogP contribution in [0.5, 0.6) is 0 Å². The summed E-state index contributed by atoms with van der Waals surface area (Å²) in [7, 11) is 1.61. The molecule has 11 heteroatoms. The second kappa shape index (κ2) is 8.47. The van der Waals surface area contributed by atoms with Crippen LogP contribution < -0.4 is 5.32 Å². The number of amides is 1. The van der Waals surface area contributed by atoms with E-state index in [2.05, 4.69) is 15.4 Å². The van der Waals surface area contributed by atoms with Gasteiger partial charge in [0.25, 0.3) is 5.91 Å². The molecule has 0 fully saturated rings. The number of halogens is 6. The summed E-state index contributed by atoms with van der Waals surface area (Å²) < 4.78 is 78.2. The molecule has 4 rings (SSSR count). The van der Waals surface area contributed by atoms with Crippen LogP contribution in [0.25, 0.3) is 22.3 Å². The van der Waals surface area contributed by atoms with Gasteiger partial charge in [0.1, 0.15) is 0 Å². The van der Waals surface area contributed by atoms with Gasteiger partial charge in [0.05, 0.1) is 34.0 Å². The van der Waals surface area contributed by atoms with Gasteiger partial charge < -0.3 is 5.32 Å². The lowest BCUT2D eigenvalue weighted by molar-refractivity contribution is -0.138. The highest BCUT2D eigenvalue weighted by Gasteiger charge is 2.31. The largest absolute Gasteiger partial charge is 0.416 e. The van der Waals surface area contributed by atoms with Gasteiger partial charge in [-0.2, -0.15) is 31.4 Å². The first-order valence-corrected chi connectivity index (χ1v) is 9.88. The average molecular weight is 478 g/mol. The Morgan fingerprint density at radius 1 is 0.912 bits per heavy atom. The Morgan fingerprint density at radius 2 is 1.47 bits per heavy atom. The van der Waals surface area contributed by atoms with Crippen molar-refractivity contribution >= 4 is 16.9 Å². The molecule has 1 amide bonds. The van der Waals surface area contributed by atoms with E-state index in [0.717, 1.165) is 24.3 Å². The van der Waals surface area contributed by atoms with E-state index >= 15 is 0 Å². The summed E-state index contributed by atoms with van der Waals surface area (Å²) in [6.07, 6.45) is -7.51. The number of rotatable bonds is 4. The number of alkyl halides is 6. The van der Waals surface area contributed by atoms with Crippen LogP contribution in [0.3, 0.4) is 0 Å². The van der Waals surface area contributed by atoms with Crippen LogP contribution in [0, 0.1) is 0 Å². The molecule has 2 aromatic carbocycles. The Morgan fingerprint density at radius 3 is 2.03 bits per heavy atom. The number of nitrogens with one attached hydrogen (secondary N) is 1. The highest BCUT2D eigenvalue weighted by molar-refractivity contribution is 6.06. The van der Waals surface area contributed by atoms with E-state index in [4.69, 9.17) is 0 Å². The Balaban J connectivity index is 1.62. The molecule has 0 aliphatic rings. The zero-order valence-corrected chi connectivity index (χ0v) is 17.5. The van der Waals surface area contributed by atoms with Crippen LogP contribution in [0.1, 0.15) is 27.0 Å². The minimum absolute atomic E-state index is 0.0311. The van der Waals surface area contributed by atoms with E-state index in [1.54, 1.807) is 7.05 Å². The topological polar surface area (TPSA) is 59.8 Å². The SMILES string of the molecule is Cn1ncc2c(C(=O)NCc3ccc(C(F)(F)F)cc3)cc(-c3ccc(C(F)(F)F)cc3)nc21. The maximum Gasteiger partial charge on any atom is 0.416 e. The summed E-state index contributed by atoms with van der Waals surface area (Å²) in [6, 6.07) is 10.2. The van der Waals surface area contributed by atoms with Gasteiger partial charge in [0.15, 0.2) is 5.65 Å². The molecule has 2 heterocycles. The number of carbonyl (C=O) groups excluding carboxylic acids is 1. The molecule has 0 bridgehead atoms. The van der Waals surface area contributed by atoms with E-state index in [0.29, 0.717) is 22.2 Å². The van der Waals surface area contributed by atoms with Crippen LogP contribution in [0.4, 0.5) is 26.3 Å². The average Bonchev–Trinajstić information content (AvgIpc) is 3.17. The van der Waals surface area contributed by atoms with Crippen LogP contribution in [0.15, 0.2) is 60.8 Å². The number of aromatic nitrogens is 3. The van der Waals surface area contributed by atoms with E-state index in [9.17, 15) is 31.1 Å². The highest BCUT2D eigenvalue weighted by Crippen LogP contribution is 2.32. The molecule has 5 nitrogen and oxygen atoms in total. The van der Waals surface area contributed by atoms with Gasteiger partial charge in [-0.05, 0) is 35.9 Å². The molecule has 1 N–H and O–H groups in total. The van der Waals surface area contributed by atoms with Crippen molar-refractivity contribution in [3.63, 3.8) is 0 Å². The summed E-state index contributed by atoms with van der Waals surface area (Å²) in [5.41, 5.74) is 0.0116. The van der Waals surface area contributed by atoms with Crippen LogP contribution >= 0.6 is 0 Å². The highest BCUT2D eigenvalue weighted by atomic mass is 19.4. The van der Waals surface area contributed by atoms with E-state index in [1.165, 1.54) is 41.2 Å². The molecule has 0 aliphatic heterocycles. The van der Waals surface area contributed by atoms with Gasteiger partial charge in [0, 0.05) is 19.2 Å². The van der Waals surface area contributed by atoms with E-state index in [1.807, 2.05) is 0 Å². The minimum Gasteiger partial charge on any atom is -0.348 e. The van der Waals surface area contributed by atoms with Crippen molar-refractivity contribution < 1.29 is 31.1 Å². The number of pyridine rings is 1. The van der Waals surface area contributed by atoms with Gasteiger partial charge >= 0.3 is 12.4 Å². The van der Waals surface area contributed by atoms with E-state index in [-0.39, 0.29) is 17.8 Å². The standard InChI is InChI=1S/C23H16F6N4O/c1-33-20-18(12-31-33)17(10-19(32-20)14-4-8-16(9-5-14)23(27,28)29)21(34)30-11-13-2-6-15(7-3-13)22(24,25)26/h2-10,12H,11H2,1H3,(H,30,34). The quantitative estimate of drug-likeness (QED) is 0.389. The summed E-state index contributed by atoms with van der Waals surface area (Å²) in [4.78, 5) is 17.4. The van der Waals surface area contributed by atoms with Gasteiger partial charge in [-0.15, -0.1) is 0 Å². The molecule has 176 valence electrons. The fourth-order valence-electron chi connectivity index (χ4n) is 3.37. The maximum absolute atomic E-state index is 12.9. The molecule has 0 radical (unpaired) electrons. The van der Waals surface area contributed by atoms with Crippen molar-refractivity contribution in [3.8, 4) is 11.3 Å². The van der Waals surface area contributed by atoms with E-state index < -0.39 is 29.4 Å². The lowest BCUT2D eigenvalue weighted by Crippen LogP contribution is -2.23. The molecule has 0 atom stereocenters. The van der Waals surface area contributed by atoms with Crippen molar-refractivity contribution in [2.45, 2.75) is 18.9 Å². The van der Waals surface area contributed by atoms with Gasteiger partial charge in [0.2, 0.25) is 0 Å². The summed E-state index contributed by atoms with van der Waals surface area (Å²) in [5.74, 6) is -0.534. The fraction of sp³-hybridized carbons (Fsp3) is 0.174. The second-order valence-electron chi connectivity index (χ2n) is 7.51. The third-order valence-corrected chi connectivity index (χ3v) is 5.19. The third-order valence-electron chi connectivity index (χ3n) is 5.19. The molecule has 4 aromatic rings. The number of benzene rings is 2. The predicted molar refractivity (Wildman–Crippen MR) is 112 cm³/mol. The molecule has 0 saturated carbocycles. The first-order chi connectivity index (χ1) is 15.9. The minimum atomic E-state index is -4.48. The molecule has 0 unspecified atom stereocenters.